The summed E-state index contributed by atoms with van der Waals surface area (Å²) in [7, 11) is -4.06. The first-order chi connectivity index (χ1) is 15.6. The second kappa shape index (κ2) is 9.81. The van der Waals surface area contributed by atoms with Crippen LogP contribution in [0.15, 0.2) is 46.3 Å². The van der Waals surface area contributed by atoms with E-state index in [1.807, 2.05) is 51.9 Å². The van der Waals surface area contributed by atoms with E-state index in [1.165, 1.54) is 6.92 Å². The van der Waals surface area contributed by atoms with Crippen molar-refractivity contribution < 1.29 is 22.3 Å². The van der Waals surface area contributed by atoms with Gasteiger partial charge in [-0.2, -0.15) is 13.0 Å². The first-order valence-corrected chi connectivity index (χ1v) is 13.9. The Morgan fingerprint density at radius 1 is 1.21 bits per heavy atom. The highest BCUT2D eigenvalue weighted by Crippen LogP contribution is 2.47. The van der Waals surface area contributed by atoms with Gasteiger partial charge in [-0.3, -0.25) is 9.35 Å². The maximum atomic E-state index is 11.6. The molecule has 174 valence electrons. The molecule has 2 N–H and O–H groups in total. The van der Waals surface area contributed by atoms with Crippen LogP contribution >= 0.6 is 46.3 Å². The summed E-state index contributed by atoms with van der Waals surface area (Å²) in [4.78, 5) is 14.6. The second-order valence-electron chi connectivity index (χ2n) is 7.36. The number of aromatic nitrogens is 1. The third kappa shape index (κ3) is 5.82. The Bertz CT molecular complexity index is 1370. The fourth-order valence-electron chi connectivity index (χ4n) is 3.46. The summed E-state index contributed by atoms with van der Waals surface area (Å²) in [5.74, 6) is -0.479. The Balaban J connectivity index is 1.75. The van der Waals surface area contributed by atoms with Crippen LogP contribution in [0, 0.1) is 0 Å². The number of rotatable bonds is 7. The molecule has 2 aromatic carbocycles. The third-order valence-corrected chi connectivity index (χ3v) is 8.40. The van der Waals surface area contributed by atoms with E-state index in [0.29, 0.717) is 16.6 Å². The summed E-state index contributed by atoms with van der Waals surface area (Å²) in [6.07, 6.45) is 2.25. The van der Waals surface area contributed by atoms with Gasteiger partial charge in [0, 0.05) is 34.5 Å². The first kappa shape index (κ1) is 24.3. The summed E-state index contributed by atoms with van der Waals surface area (Å²) in [5.41, 5.74) is 1.78. The van der Waals surface area contributed by atoms with Gasteiger partial charge in [0.1, 0.15) is 4.70 Å². The van der Waals surface area contributed by atoms with Gasteiger partial charge in [0.25, 0.3) is 15.1 Å². The normalized spacial score (nSPS) is 14.8. The van der Waals surface area contributed by atoms with Crippen LogP contribution in [0.1, 0.15) is 18.4 Å². The van der Waals surface area contributed by atoms with Gasteiger partial charge < -0.3 is 10.2 Å². The molecule has 0 atom stereocenters. The molecule has 4 rings (SSSR count). The average molecular weight is 546 g/mol. The fourth-order valence-corrected chi connectivity index (χ4v) is 6.54. The van der Waals surface area contributed by atoms with Crippen molar-refractivity contribution >= 4 is 84.3 Å². The number of benzene rings is 2. The molecule has 1 aromatic heterocycles. The highest BCUT2D eigenvalue weighted by molar-refractivity contribution is 8.03. The number of hydrogen-bond acceptors (Lipinski definition) is 6. The van der Waals surface area contributed by atoms with E-state index in [2.05, 4.69) is 5.32 Å². The van der Waals surface area contributed by atoms with E-state index in [1.54, 1.807) is 23.1 Å². The smallest absolute Gasteiger partial charge is 0.267 e. The van der Waals surface area contributed by atoms with Crippen molar-refractivity contribution in [1.29, 1.82) is 0 Å². The largest absolute Gasteiger partial charge is 0.335 e. The minimum absolute atomic E-state index is 0.147. The lowest BCUT2D eigenvalue weighted by molar-refractivity contribution is -0.672. The van der Waals surface area contributed by atoms with Crippen LogP contribution in [-0.4, -0.2) is 31.2 Å². The number of nitrogens with zero attached hydrogens (tertiary/aromatic N) is 2. The topological polar surface area (TPSA) is 90.6 Å². The summed E-state index contributed by atoms with van der Waals surface area (Å²) in [6, 6.07) is 11.2. The Hall–Kier alpha value is -1.82. The van der Waals surface area contributed by atoms with Crippen LogP contribution in [0.2, 0.25) is 10.0 Å². The van der Waals surface area contributed by atoms with Gasteiger partial charge in [-0.05, 0) is 36.8 Å². The average Bonchev–Trinajstić information content (AvgIpc) is 3.23. The Kier molecular flexibility index (Phi) is 7.23. The first-order valence-electron chi connectivity index (χ1n) is 9.89. The summed E-state index contributed by atoms with van der Waals surface area (Å²) in [6.45, 7) is 2.12. The van der Waals surface area contributed by atoms with Crippen molar-refractivity contribution in [3.63, 3.8) is 0 Å². The molecule has 0 fully saturated rings. The number of anilines is 1. The highest BCUT2D eigenvalue weighted by Gasteiger charge is 2.28. The van der Waals surface area contributed by atoms with Crippen LogP contribution < -0.4 is 14.8 Å². The predicted octanol–water partition coefficient (Wildman–Crippen LogP) is 4.78. The maximum absolute atomic E-state index is 11.6. The quantitative estimate of drug-likeness (QED) is 0.328. The van der Waals surface area contributed by atoms with Gasteiger partial charge in [0.05, 0.1) is 22.5 Å². The van der Waals surface area contributed by atoms with Gasteiger partial charge >= 0.3 is 0 Å². The molecule has 33 heavy (non-hydrogen) atoms. The number of thioether (sulfide) groups is 1. The van der Waals surface area contributed by atoms with E-state index in [4.69, 9.17) is 27.8 Å². The lowest BCUT2D eigenvalue weighted by Crippen LogP contribution is -2.44. The Labute approximate surface area is 209 Å². The van der Waals surface area contributed by atoms with E-state index >= 15 is 0 Å². The molecule has 1 aliphatic rings. The minimum Gasteiger partial charge on any atom is -0.335 e. The lowest BCUT2D eigenvalue weighted by atomic mass is 10.2. The number of hydrogen-bond donors (Lipinski definition) is 2. The molecule has 1 aliphatic heterocycles. The standard InChI is InChI=1S/C21H19Cl2N3O4S3/c1-13(27)24-12-26-17-10-15(23)4-6-19(17)32-21(26)11-20-25(7-2-8-33(28,29)30)16-9-14(22)3-5-18(16)31-20/h3-6,9-11H,2,7-8,12H2,1H3,(H-,24,27,28,29,30)/p+1. The van der Waals surface area contributed by atoms with Gasteiger partial charge in [0.2, 0.25) is 18.1 Å². The summed E-state index contributed by atoms with van der Waals surface area (Å²) in [5, 5.41) is 5.79. The lowest BCUT2D eigenvalue weighted by Gasteiger charge is -2.20. The Morgan fingerprint density at radius 3 is 2.67 bits per heavy atom. The number of amides is 1. The van der Waals surface area contributed by atoms with E-state index in [0.717, 1.165) is 30.8 Å². The number of carbonyl (C=O) groups is 1. The van der Waals surface area contributed by atoms with Gasteiger partial charge in [-0.15, -0.1) is 0 Å². The van der Waals surface area contributed by atoms with Crippen molar-refractivity contribution in [3.05, 3.63) is 56.5 Å². The third-order valence-electron chi connectivity index (χ3n) is 4.90. The van der Waals surface area contributed by atoms with Crippen molar-refractivity contribution in [3.8, 4) is 0 Å². The molecule has 0 unspecified atom stereocenters. The van der Waals surface area contributed by atoms with Crippen LogP contribution in [0.4, 0.5) is 5.69 Å². The van der Waals surface area contributed by atoms with Crippen molar-refractivity contribution in [2.45, 2.75) is 24.9 Å². The van der Waals surface area contributed by atoms with Crippen molar-refractivity contribution in [1.82, 2.24) is 5.32 Å². The molecule has 2 heterocycles. The summed E-state index contributed by atoms with van der Waals surface area (Å²) < 4.78 is 34.6. The molecule has 3 aromatic rings. The second-order valence-corrected chi connectivity index (χ2v) is 11.9. The number of fused-ring (bicyclic) bond motifs is 2. The molecular formula is C21H20Cl2N3O4S3+. The van der Waals surface area contributed by atoms with Crippen LogP contribution in [-0.2, 0) is 21.6 Å². The zero-order valence-corrected chi connectivity index (χ0v) is 21.4. The number of nitrogens with one attached hydrogen (secondary N) is 1. The van der Waals surface area contributed by atoms with E-state index in [9.17, 15) is 13.2 Å². The van der Waals surface area contributed by atoms with Crippen LogP contribution in [0.5, 0.6) is 0 Å². The molecule has 0 saturated heterocycles. The maximum Gasteiger partial charge on any atom is 0.267 e. The van der Waals surface area contributed by atoms with Crippen molar-refractivity contribution in [2.75, 3.05) is 17.2 Å². The molecule has 0 saturated carbocycles. The molecule has 0 spiro atoms. The number of thiazole rings is 1. The summed E-state index contributed by atoms with van der Waals surface area (Å²) >= 11 is 15.5. The minimum atomic E-state index is -4.06. The highest BCUT2D eigenvalue weighted by atomic mass is 35.5. The van der Waals surface area contributed by atoms with Gasteiger partial charge in [0.15, 0.2) is 0 Å². The zero-order valence-electron chi connectivity index (χ0n) is 17.4. The molecule has 1 amide bonds. The van der Waals surface area contributed by atoms with Crippen LogP contribution in [0.25, 0.3) is 16.3 Å². The molecular weight excluding hydrogens is 525 g/mol. The molecule has 0 radical (unpaired) electrons. The zero-order chi connectivity index (χ0) is 23.8. The number of carbonyl (C=O) groups excluding carboxylic acids is 1. The monoisotopic (exact) mass is 544 g/mol. The van der Waals surface area contributed by atoms with Crippen LogP contribution in [0.3, 0.4) is 0 Å². The molecule has 12 heteroatoms. The predicted molar refractivity (Wildman–Crippen MR) is 135 cm³/mol. The van der Waals surface area contributed by atoms with E-state index in [-0.39, 0.29) is 24.7 Å². The van der Waals surface area contributed by atoms with Crippen molar-refractivity contribution in [2.24, 2.45) is 0 Å². The molecule has 7 nitrogen and oxygen atoms in total. The fraction of sp³-hybridized carbons (Fsp3) is 0.238. The molecule has 0 aliphatic carbocycles. The van der Waals surface area contributed by atoms with Gasteiger partial charge in [-0.25, -0.2) is 0 Å². The SMILES string of the molecule is CC(=O)NC[n+]1c(/C=C2\Sc3ccc(Cl)cc3N2CCCS(=O)(=O)O)sc2ccc(Cl)cc21. The number of halogens is 2. The van der Waals surface area contributed by atoms with E-state index < -0.39 is 10.1 Å². The molecule has 0 bridgehead atoms. The Morgan fingerprint density at radius 2 is 1.94 bits per heavy atom. The van der Waals surface area contributed by atoms with Gasteiger partial charge in [-0.1, -0.05) is 46.3 Å².